The smallest absolute Gasteiger partial charge is 0.0721 e. The third-order valence-electron chi connectivity index (χ3n) is 2.69. The maximum Gasteiger partial charge on any atom is 0.0721 e. The first-order valence-corrected chi connectivity index (χ1v) is 6.67. The Labute approximate surface area is 116 Å². The average Bonchev–Trinajstić information content (AvgIpc) is 2.40. The fraction of sp³-hybridized carbons (Fsp3) is 0.200. The number of nitrogens with two attached hydrogens (primary N) is 1. The molecule has 0 aromatic heterocycles. The van der Waals surface area contributed by atoms with Crippen LogP contribution in [0.2, 0.25) is 0 Å². The van der Waals surface area contributed by atoms with Crippen molar-refractivity contribution in [1.29, 1.82) is 0 Å². The molecule has 0 radical (unpaired) electrons. The van der Waals surface area contributed by atoms with Gasteiger partial charge in [-0.2, -0.15) is 0 Å². The lowest BCUT2D eigenvalue weighted by Gasteiger charge is -2.06. The van der Waals surface area contributed by atoms with Crippen LogP contribution in [-0.2, 0) is 24.5 Å². The van der Waals surface area contributed by atoms with Crippen molar-refractivity contribution in [3.63, 3.8) is 0 Å². The molecule has 0 heterocycles. The average molecular weight is 306 g/mol. The molecule has 0 aliphatic carbocycles. The first-order chi connectivity index (χ1) is 8.78. The molecule has 2 nitrogen and oxygen atoms in total. The Balaban J connectivity index is 1.84. The summed E-state index contributed by atoms with van der Waals surface area (Å²) in [5.41, 5.74) is 9.04. The maximum atomic E-state index is 5.68. The van der Waals surface area contributed by atoms with E-state index < -0.39 is 0 Å². The zero-order chi connectivity index (χ0) is 12.8. The predicted octanol–water partition coefficient (Wildman–Crippen LogP) is 3.62. The van der Waals surface area contributed by atoms with Crippen LogP contribution in [0.3, 0.4) is 0 Å². The minimum atomic E-state index is 0.583. The Morgan fingerprint density at radius 3 is 2.22 bits per heavy atom. The largest absolute Gasteiger partial charge is 0.372 e. The Bertz CT molecular complexity index is 496. The van der Waals surface area contributed by atoms with Crippen LogP contribution >= 0.6 is 15.9 Å². The van der Waals surface area contributed by atoms with Crippen molar-refractivity contribution >= 4 is 15.9 Å². The van der Waals surface area contributed by atoms with E-state index in [9.17, 15) is 0 Å². The van der Waals surface area contributed by atoms with Gasteiger partial charge in [0.25, 0.3) is 0 Å². The van der Waals surface area contributed by atoms with E-state index in [0.717, 1.165) is 10.0 Å². The first kappa shape index (κ1) is 13.3. The van der Waals surface area contributed by atoms with Crippen LogP contribution in [0.4, 0.5) is 0 Å². The maximum absolute atomic E-state index is 5.68. The molecule has 0 aliphatic heterocycles. The molecule has 0 bridgehead atoms. The summed E-state index contributed by atoms with van der Waals surface area (Å²) in [5.74, 6) is 0. The molecule has 0 unspecified atom stereocenters. The topological polar surface area (TPSA) is 35.2 Å². The number of halogens is 1. The molecule has 2 aromatic carbocycles. The van der Waals surface area contributed by atoms with Gasteiger partial charge in [-0.1, -0.05) is 52.3 Å². The van der Waals surface area contributed by atoms with Gasteiger partial charge in [-0.25, -0.2) is 0 Å². The standard InChI is InChI=1S/C15H16BrNO/c16-15-3-1-2-14(8-15)11-18-10-13-6-4-12(9-17)5-7-13/h1-8H,9-11,17H2. The molecule has 0 saturated carbocycles. The summed E-state index contributed by atoms with van der Waals surface area (Å²) in [7, 11) is 0. The van der Waals surface area contributed by atoms with E-state index in [0.29, 0.717) is 19.8 Å². The molecule has 2 N–H and O–H groups in total. The predicted molar refractivity (Wildman–Crippen MR) is 77.0 cm³/mol. The Hall–Kier alpha value is -1.16. The molecule has 2 aromatic rings. The summed E-state index contributed by atoms with van der Waals surface area (Å²) >= 11 is 3.45. The molecule has 2 rings (SSSR count). The third kappa shape index (κ3) is 3.95. The molecule has 0 aliphatic rings. The van der Waals surface area contributed by atoms with E-state index >= 15 is 0 Å². The molecule has 0 spiro atoms. The third-order valence-corrected chi connectivity index (χ3v) is 3.18. The molecular weight excluding hydrogens is 290 g/mol. The number of rotatable bonds is 5. The van der Waals surface area contributed by atoms with Crippen LogP contribution in [0.15, 0.2) is 53.0 Å². The van der Waals surface area contributed by atoms with Crippen molar-refractivity contribution in [2.75, 3.05) is 0 Å². The highest BCUT2D eigenvalue weighted by atomic mass is 79.9. The fourth-order valence-electron chi connectivity index (χ4n) is 1.69. The van der Waals surface area contributed by atoms with Gasteiger partial charge in [0.05, 0.1) is 13.2 Å². The van der Waals surface area contributed by atoms with E-state index in [1.165, 1.54) is 11.1 Å². The molecule has 18 heavy (non-hydrogen) atoms. The minimum absolute atomic E-state index is 0.583. The Kier molecular flexibility index (Phi) is 4.93. The number of hydrogen-bond acceptors (Lipinski definition) is 2. The van der Waals surface area contributed by atoms with Gasteiger partial charge < -0.3 is 10.5 Å². The molecule has 0 saturated heterocycles. The highest BCUT2D eigenvalue weighted by molar-refractivity contribution is 9.10. The summed E-state index contributed by atoms with van der Waals surface area (Å²) < 4.78 is 6.76. The van der Waals surface area contributed by atoms with Gasteiger partial charge in [0, 0.05) is 11.0 Å². The summed E-state index contributed by atoms with van der Waals surface area (Å²) in [6.07, 6.45) is 0. The van der Waals surface area contributed by atoms with Crippen LogP contribution in [-0.4, -0.2) is 0 Å². The molecule has 3 heteroatoms. The molecule has 0 fully saturated rings. The summed E-state index contributed by atoms with van der Waals surface area (Å²) in [6.45, 7) is 1.83. The quantitative estimate of drug-likeness (QED) is 0.915. The molecule has 94 valence electrons. The Morgan fingerprint density at radius 2 is 1.56 bits per heavy atom. The van der Waals surface area contributed by atoms with Crippen molar-refractivity contribution in [1.82, 2.24) is 0 Å². The van der Waals surface area contributed by atoms with Crippen LogP contribution in [0.5, 0.6) is 0 Å². The highest BCUT2D eigenvalue weighted by Gasteiger charge is 1.97. The summed E-state index contributed by atoms with van der Waals surface area (Å²) in [4.78, 5) is 0. The SMILES string of the molecule is NCc1ccc(COCc2cccc(Br)c2)cc1. The van der Waals surface area contributed by atoms with Crippen LogP contribution in [0.1, 0.15) is 16.7 Å². The Morgan fingerprint density at radius 1 is 0.889 bits per heavy atom. The van der Waals surface area contributed by atoms with Crippen molar-refractivity contribution in [2.24, 2.45) is 5.73 Å². The monoisotopic (exact) mass is 305 g/mol. The normalized spacial score (nSPS) is 10.6. The lowest BCUT2D eigenvalue weighted by atomic mass is 10.1. The van der Waals surface area contributed by atoms with Crippen LogP contribution < -0.4 is 5.73 Å². The van der Waals surface area contributed by atoms with Gasteiger partial charge in [0.1, 0.15) is 0 Å². The second-order valence-corrected chi connectivity index (χ2v) is 5.06. The van der Waals surface area contributed by atoms with Gasteiger partial charge in [0.2, 0.25) is 0 Å². The van der Waals surface area contributed by atoms with E-state index in [-0.39, 0.29) is 0 Å². The van der Waals surface area contributed by atoms with Crippen molar-refractivity contribution < 1.29 is 4.74 Å². The van der Waals surface area contributed by atoms with Crippen molar-refractivity contribution in [3.8, 4) is 0 Å². The lowest BCUT2D eigenvalue weighted by Crippen LogP contribution is -1.97. The zero-order valence-corrected chi connectivity index (χ0v) is 11.7. The van der Waals surface area contributed by atoms with Gasteiger partial charge in [-0.3, -0.25) is 0 Å². The second kappa shape index (κ2) is 6.69. The molecular formula is C15H16BrNO. The second-order valence-electron chi connectivity index (χ2n) is 4.14. The minimum Gasteiger partial charge on any atom is -0.372 e. The van der Waals surface area contributed by atoms with Gasteiger partial charge in [-0.15, -0.1) is 0 Å². The lowest BCUT2D eigenvalue weighted by molar-refractivity contribution is 0.107. The van der Waals surface area contributed by atoms with Gasteiger partial charge in [-0.05, 0) is 28.8 Å². The van der Waals surface area contributed by atoms with E-state index in [4.69, 9.17) is 10.5 Å². The highest BCUT2D eigenvalue weighted by Crippen LogP contribution is 2.13. The number of hydrogen-bond donors (Lipinski definition) is 1. The van der Waals surface area contributed by atoms with Gasteiger partial charge in [0.15, 0.2) is 0 Å². The summed E-state index contributed by atoms with van der Waals surface area (Å²) in [6, 6.07) is 16.3. The fourth-order valence-corrected chi connectivity index (χ4v) is 2.13. The first-order valence-electron chi connectivity index (χ1n) is 5.88. The van der Waals surface area contributed by atoms with Crippen molar-refractivity contribution in [2.45, 2.75) is 19.8 Å². The molecule has 0 amide bonds. The zero-order valence-electron chi connectivity index (χ0n) is 10.1. The van der Waals surface area contributed by atoms with E-state index in [1.807, 2.05) is 24.3 Å². The number of benzene rings is 2. The molecule has 0 atom stereocenters. The summed E-state index contributed by atoms with van der Waals surface area (Å²) in [5, 5.41) is 0. The van der Waals surface area contributed by atoms with E-state index in [1.54, 1.807) is 0 Å². The van der Waals surface area contributed by atoms with Crippen molar-refractivity contribution in [3.05, 3.63) is 69.7 Å². The van der Waals surface area contributed by atoms with Gasteiger partial charge >= 0.3 is 0 Å². The van der Waals surface area contributed by atoms with Crippen LogP contribution in [0, 0.1) is 0 Å². The van der Waals surface area contributed by atoms with E-state index in [2.05, 4.69) is 40.2 Å². The number of ether oxygens (including phenoxy) is 1. The van der Waals surface area contributed by atoms with Crippen LogP contribution in [0.25, 0.3) is 0 Å².